The van der Waals surface area contributed by atoms with E-state index < -0.39 is 86.8 Å². The lowest BCUT2D eigenvalue weighted by molar-refractivity contribution is -0.359. The molecule has 12 unspecified atom stereocenters. The maximum atomic E-state index is 13.1. The van der Waals surface area contributed by atoms with Gasteiger partial charge in [0.25, 0.3) is 0 Å². The predicted molar refractivity (Wildman–Crippen MR) is 240 cm³/mol. The van der Waals surface area contributed by atoms with Crippen LogP contribution in [-0.4, -0.2) is 140 Å². The van der Waals surface area contributed by atoms with Gasteiger partial charge in [-0.15, -0.1) is 0 Å². The first kappa shape index (κ1) is 55.8. The van der Waals surface area contributed by atoms with Crippen LogP contribution in [0.2, 0.25) is 0 Å². The van der Waals surface area contributed by atoms with Gasteiger partial charge in [-0.05, 0) is 70.6 Å². The van der Waals surface area contributed by atoms with Crippen molar-refractivity contribution in [3.05, 3.63) is 60.8 Å². The third kappa shape index (κ3) is 22.5. The third-order valence-corrected chi connectivity index (χ3v) is 11.2. The number of unbranched alkanes of at least 4 members (excludes halogenated alkanes) is 13. The average molecular weight is 882 g/mol. The molecule has 14 nitrogen and oxygen atoms in total. The molecule has 0 aromatic heterocycles. The van der Waals surface area contributed by atoms with Crippen LogP contribution in [0, 0.1) is 0 Å². The highest BCUT2D eigenvalue weighted by molar-refractivity contribution is 5.76. The van der Waals surface area contributed by atoms with Gasteiger partial charge in [-0.25, -0.2) is 0 Å². The number of hydrogen-bond acceptors (Lipinski definition) is 13. The fourth-order valence-electron chi connectivity index (χ4n) is 7.22. The molecule has 0 bridgehead atoms. The molecule has 0 aromatic rings. The summed E-state index contributed by atoms with van der Waals surface area (Å²) in [5.74, 6) is -0.273. The minimum absolute atomic E-state index is 0.251. The molecule has 0 saturated carbocycles. The quantitative estimate of drug-likeness (QED) is 0.0304. The number of rotatable bonds is 34. The van der Waals surface area contributed by atoms with Crippen molar-refractivity contribution in [2.45, 2.75) is 216 Å². The van der Waals surface area contributed by atoms with Gasteiger partial charge >= 0.3 is 0 Å². The molecule has 0 aliphatic carbocycles. The molecular weight excluding hydrogens is 799 g/mol. The lowest BCUT2D eigenvalue weighted by Gasteiger charge is -2.46. The summed E-state index contributed by atoms with van der Waals surface area (Å²) >= 11 is 0. The first-order chi connectivity index (χ1) is 30.1. The molecule has 2 heterocycles. The molecule has 2 fully saturated rings. The molecule has 2 aliphatic heterocycles. The molecule has 2 rings (SSSR count). The number of amides is 1. The van der Waals surface area contributed by atoms with Crippen LogP contribution < -0.4 is 5.32 Å². The number of aliphatic hydroxyl groups excluding tert-OH is 8. The van der Waals surface area contributed by atoms with Crippen LogP contribution in [-0.2, 0) is 23.7 Å². The Hall–Kier alpha value is -2.31. The fourth-order valence-corrected chi connectivity index (χ4v) is 7.22. The third-order valence-electron chi connectivity index (χ3n) is 11.2. The van der Waals surface area contributed by atoms with E-state index in [4.69, 9.17) is 18.9 Å². The van der Waals surface area contributed by atoms with Crippen LogP contribution >= 0.6 is 0 Å². The minimum atomic E-state index is -1.79. The maximum absolute atomic E-state index is 13.1. The van der Waals surface area contributed by atoms with Crippen LogP contribution in [0.25, 0.3) is 0 Å². The highest BCUT2D eigenvalue weighted by Crippen LogP contribution is 2.30. The molecule has 0 spiro atoms. The number of nitrogens with one attached hydrogen (secondary N) is 1. The van der Waals surface area contributed by atoms with Gasteiger partial charge < -0.3 is 65.1 Å². The van der Waals surface area contributed by atoms with Crippen LogP contribution in [0.3, 0.4) is 0 Å². The van der Waals surface area contributed by atoms with Crippen molar-refractivity contribution in [1.82, 2.24) is 5.32 Å². The van der Waals surface area contributed by atoms with Crippen molar-refractivity contribution < 1.29 is 64.6 Å². The summed E-state index contributed by atoms with van der Waals surface area (Å²) < 4.78 is 22.6. The molecule has 0 radical (unpaired) electrons. The summed E-state index contributed by atoms with van der Waals surface area (Å²) in [6.45, 7) is 2.65. The van der Waals surface area contributed by atoms with E-state index in [1.807, 2.05) is 6.08 Å². The second kappa shape index (κ2) is 35.0. The summed E-state index contributed by atoms with van der Waals surface area (Å²) in [6, 6.07) is -0.944. The number of allylic oxidation sites excluding steroid dienone is 9. The Kier molecular flexibility index (Phi) is 31.5. The van der Waals surface area contributed by atoms with Crippen LogP contribution in [0.4, 0.5) is 0 Å². The van der Waals surface area contributed by atoms with Crippen LogP contribution in [0.5, 0.6) is 0 Å². The molecule has 12 atom stereocenters. The Morgan fingerprint density at radius 3 is 1.73 bits per heavy atom. The van der Waals surface area contributed by atoms with Crippen molar-refractivity contribution in [2.24, 2.45) is 0 Å². The zero-order valence-corrected chi connectivity index (χ0v) is 37.6. The Balaban J connectivity index is 1.91. The van der Waals surface area contributed by atoms with Crippen molar-refractivity contribution in [3.63, 3.8) is 0 Å². The van der Waals surface area contributed by atoms with Crippen LogP contribution in [0.15, 0.2) is 60.8 Å². The topological polar surface area (TPSA) is 228 Å². The van der Waals surface area contributed by atoms with E-state index in [1.165, 1.54) is 38.5 Å². The zero-order valence-electron chi connectivity index (χ0n) is 37.6. The molecule has 358 valence electrons. The van der Waals surface area contributed by atoms with Crippen molar-refractivity contribution in [2.75, 3.05) is 19.8 Å². The molecule has 0 aromatic carbocycles. The first-order valence-electron chi connectivity index (χ1n) is 23.5. The highest BCUT2D eigenvalue weighted by atomic mass is 16.7. The summed E-state index contributed by atoms with van der Waals surface area (Å²) in [5, 5.41) is 86.4. The number of carbonyl (C=O) groups is 1. The van der Waals surface area contributed by atoms with Gasteiger partial charge in [0.15, 0.2) is 12.6 Å². The van der Waals surface area contributed by atoms with Gasteiger partial charge in [-0.2, -0.15) is 0 Å². The predicted octanol–water partition coefficient (Wildman–Crippen LogP) is 5.10. The van der Waals surface area contributed by atoms with E-state index in [2.05, 4.69) is 67.8 Å². The van der Waals surface area contributed by atoms with E-state index in [-0.39, 0.29) is 18.9 Å². The average Bonchev–Trinajstić information content (AvgIpc) is 3.27. The number of aliphatic hydroxyl groups is 8. The molecule has 14 heteroatoms. The van der Waals surface area contributed by atoms with E-state index in [9.17, 15) is 45.6 Å². The molecule has 62 heavy (non-hydrogen) atoms. The summed E-state index contributed by atoms with van der Waals surface area (Å²) in [4.78, 5) is 13.1. The van der Waals surface area contributed by atoms with E-state index in [1.54, 1.807) is 6.08 Å². The SMILES string of the molecule is CCCC/C=C/CC/C=C/CC/C=C/C(O)C(COC1OC(CO)C(OC2OC(CO)C(O)C(O)C2O)C(O)C1O)NC(=O)CCCCCCC/C=C\C/C=C\CCCCCC. The van der Waals surface area contributed by atoms with Gasteiger partial charge in [0.05, 0.1) is 32.0 Å². The maximum Gasteiger partial charge on any atom is 0.220 e. The van der Waals surface area contributed by atoms with Crippen molar-refractivity contribution in [3.8, 4) is 0 Å². The standard InChI is InChI=1S/C48H83NO13/c1-3-5-7-9-11-13-15-17-18-19-20-22-24-26-28-30-32-40(53)49-36(37(52)31-29-27-25-23-21-16-14-12-10-8-6-4-2)35-59-47-45(58)43(56)46(39(34-51)61-47)62-48-44(57)42(55)41(54)38(33-50)60-48/h10,12-13,15,18-19,21,23,29,31,36-39,41-48,50-52,54-58H,3-9,11,14,16-17,20,22,24-28,30,32-35H2,1-2H3,(H,49,53)/b12-10+,15-13-,19-18-,23-21+,31-29+. The minimum Gasteiger partial charge on any atom is -0.394 e. The smallest absolute Gasteiger partial charge is 0.220 e. The summed E-state index contributed by atoms with van der Waals surface area (Å²) in [5.41, 5.74) is 0. The number of hydrogen-bond donors (Lipinski definition) is 9. The van der Waals surface area contributed by atoms with E-state index >= 15 is 0 Å². The molecule has 2 saturated heterocycles. The van der Waals surface area contributed by atoms with Crippen LogP contribution in [0.1, 0.15) is 142 Å². The summed E-state index contributed by atoms with van der Waals surface area (Å²) in [7, 11) is 0. The Labute approximate surface area is 371 Å². The molecule has 9 N–H and O–H groups in total. The van der Waals surface area contributed by atoms with Gasteiger partial charge in [-0.3, -0.25) is 4.79 Å². The number of ether oxygens (including phenoxy) is 4. The van der Waals surface area contributed by atoms with Gasteiger partial charge in [-0.1, -0.05) is 126 Å². The zero-order chi connectivity index (χ0) is 45.4. The molecular formula is C48H83NO13. The normalized spacial score (nSPS) is 28.3. The largest absolute Gasteiger partial charge is 0.394 e. The summed E-state index contributed by atoms with van der Waals surface area (Å²) in [6.07, 6.45) is 24.1. The lowest BCUT2D eigenvalue weighted by Crippen LogP contribution is -2.65. The second-order valence-electron chi connectivity index (χ2n) is 16.5. The van der Waals surface area contributed by atoms with E-state index in [0.717, 1.165) is 70.6 Å². The van der Waals surface area contributed by atoms with Gasteiger partial charge in [0.1, 0.15) is 48.8 Å². The lowest BCUT2D eigenvalue weighted by atomic mass is 9.97. The monoisotopic (exact) mass is 882 g/mol. The Morgan fingerprint density at radius 2 is 1.10 bits per heavy atom. The Bertz CT molecular complexity index is 1270. The molecule has 2 aliphatic rings. The molecule has 1 amide bonds. The first-order valence-corrected chi connectivity index (χ1v) is 23.5. The van der Waals surface area contributed by atoms with Gasteiger partial charge in [0.2, 0.25) is 5.91 Å². The van der Waals surface area contributed by atoms with Crippen molar-refractivity contribution >= 4 is 5.91 Å². The highest BCUT2D eigenvalue weighted by Gasteiger charge is 2.50. The number of carbonyl (C=O) groups excluding carboxylic acids is 1. The van der Waals surface area contributed by atoms with Gasteiger partial charge in [0, 0.05) is 6.42 Å². The fraction of sp³-hybridized carbons (Fsp3) is 0.771. The van der Waals surface area contributed by atoms with E-state index in [0.29, 0.717) is 12.8 Å². The Morgan fingerprint density at radius 1 is 0.581 bits per heavy atom. The second-order valence-corrected chi connectivity index (χ2v) is 16.5. The van der Waals surface area contributed by atoms with Crippen molar-refractivity contribution in [1.29, 1.82) is 0 Å².